The van der Waals surface area contributed by atoms with Gasteiger partial charge < -0.3 is 15.7 Å². The van der Waals surface area contributed by atoms with Crippen molar-refractivity contribution in [2.24, 2.45) is 5.92 Å². The molecule has 0 bridgehead atoms. The number of hydrogen-bond acceptors (Lipinski definition) is 4. The SMILES string of the molecule is N#CCNC(=O)CNCC1CCCC(O)C1. The molecular weight excluding hydrogens is 206 g/mol. The van der Waals surface area contributed by atoms with Gasteiger partial charge >= 0.3 is 0 Å². The number of carbonyl (C=O) groups is 1. The maximum Gasteiger partial charge on any atom is 0.234 e. The van der Waals surface area contributed by atoms with Crippen molar-refractivity contribution in [3.8, 4) is 6.07 Å². The predicted molar refractivity (Wildman–Crippen MR) is 59.5 cm³/mol. The van der Waals surface area contributed by atoms with Crippen LogP contribution in [0.25, 0.3) is 0 Å². The molecule has 3 N–H and O–H groups in total. The van der Waals surface area contributed by atoms with Crippen molar-refractivity contribution in [1.29, 1.82) is 5.26 Å². The first-order valence-corrected chi connectivity index (χ1v) is 5.74. The molecular formula is C11H19N3O2. The Morgan fingerprint density at radius 1 is 1.50 bits per heavy atom. The molecule has 16 heavy (non-hydrogen) atoms. The van der Waals surface area contributed by atoms with E-state index in [9.17, 15) is 9.90 Å². The first kappa shape index (κ1) is 12.9. The summed E-state index contributed by atoms with van der Waals surface area (Å²) in [4.78, 5) is 11.1. The highest BCUT2D eigenvalue weighted by atomic mass is 16.3. The molecule has 0 radical (unpaired) electrons. The molecule has 0 spiro atoms. The lowest BCUT2D eigenvalue weighted by Crippen LogP contribution is -2.37. The lowest BCUT2D eigenvalue weighted by atomic mass is 9.87. The van der Waals surface area contributed by atoms with E-state index in [4.69, 9.17) is 5.26 Å². The van der Waals surface area contributed by atoms with Crippen LogP contribution in [0.15, 0.2) is 0 Å². The van der Waals surface area contributed by atoms with Gasteiger partial charge in [-0.05, 0) is 31.7 Å². The van der Waals surface area contributed by atoms with E-state index in [0.29, 0.717) is 5.92 Å². The summed E-state index contributed by atoms with van der Waals surface area (Å²) in [6, 6.07) is 1.85. The minimum absolute atomic E-state index is 0.0582. The third-order valence-corrected chi connectivity index (χ3v) is 2.84. The molecule has 0 heterocycles. The Morgan fingerprint density at radius 2 is 2.31 bits per heavy atom. The Kier molecular flexibility index (Phi) is 5.83. The average Bonchev–Trinajstić information content (AvgIpc) is 2.26. The molecule has 5 heteroatoms. The van der Waals surface area contributed by atoms with Gasteiger partial charge in [0.15, 0.2) is 0 Å². The van der Waals surface area contributed by atoms with Crippen molar-refractivity contribution in [3.05, 3.63) is 0 Å². The van der Waals surface area contributed by atoms with Crippen molar-refractivity contribution in [2.75, 3.05) is 19.6 Å². The minimum atomic E-state index is -0.173. The number of aliphatic hydroxyl groups is 1. The maximum absolute atomic E-state index is 11.1. The second-order valence-electron chi connectivity index (χ2n) is 4.25. The molecule has 2 atom stereocenters. The van der Waals surface area contributed by atoms with Crippen LogP contribution in [0.5, 0.6) is 0 Å². The Bertz CT molecular complexity index is 262. The normalized spacial score (nSPS) is 24.8. The number of hydrogen-bond donors (Lipinski definition) is 3. The fourth-order valence-corrected chi connectivity index (χ4v) is 2.04. The molecule has 0 aromatic heterocycles. The van der Waals surface area contributed by atoms with Crippen LogP contribution in [0.3, 0.4) is 0 Å². The quantitative estimate of drug-likeness (QED) is 0.564. The number of aliphatic hydroxyl groups excluding tert-OH is 1. The molecule has 90 valence electrons. The molecule has 0 saturated heterocycles. The Labute approximate surface area is 95.8 Å². The molecule has 1 amide bonds. The van der Waals surface area contributed by atoms with Gasteiger partial charge in [0.25, 0.3) is 0 Å². The molecule has 1 aliphatic rings. The summed E-state index contributed by atoms with van der Waals surface area (Å²) < 4.78 is 0. The first-order chi connectivity index (χ1) is 7.72. The number of nitrogens with one attached hydrogen (secondary N) is 2. The largest absolute Gasteiger partial charge is 0.393 e. The molecule has 1 rings (SSSR count). The van der Waals surface area contributed by atoms with Crippen LogP contribution in [0.2, 0.25) is 0 Å². The maximum atomic E-state index is 11.1. The van der Waals surface area contributed by atoms with Crippen LogP contribution in [-0.4, -0.2) is 36.8 Å². The van der Waals surface area contributed by atoms with Crippen LogP contribution in [-0.2, 0) is 4.79 Å². The van der Waals surface area contributed by atoms with Gasteiger partial charge in [0.2, 0.25) is 5.91 Å². The third-order valence-electron chi connectivity index (χ3n) is 2.84. The van der Waals surface area contributed by atoms with E-state index in [1.165, 1.54) is 0 Å². The summed E-state index contributed by atoms with van der Waals surface area (Å²) in [5.74, 6) is 0.311. The zero-order chi connectivity index (χ0) is 11.8. The minimum Gasteiger partial charge on any atom is -0.393 e. The second-order valence-corrected chi connectivity index (χ2v) is 4.25. The third kappa shape index (κ3) is 5.10. The van der Waals surface area contributed by atoms with E-state index in [1.807, 2.05) is 6.07 Å². The molecule has 1 saturated carbocycles. The molecule has 2 unspecified atom stereocenters. The monoisotopic (exact) mass is 225 g/mol. The number of nitriles is 1. The summed E-state index contributed by atoms with van der Waals surface area (Å²) >= 11 is 0. The molecule has 1 aliphatic carbocycles. The van der Waals surface area contributed by atoms with Gasteiger partial charge in [-0.1, -0.05) is 6.42 Å². The van der Waals surface area contributed by atoms with Crippen LogP contribution in [0.1, 0.15) is 25.7 Å². The summed E-state index contributed by atoms with van der Waals surface area (Å²) in [5, 5.41) is 23.2. The highest BCUT2D eigenvalue weighted by Gasteiger charge is 2.19. The van der Waals surface area contributed by atoms with Gasteiger partial charge in [-0.3, -0.25) is 4.79 Å². The van der Waals surface area contributed by atoms with Gasteiger partial charge in [0.05, 0.1) is 18.7 Å². The first-order valence-electron chi connectivity index (χ1n) is 5.74. The van der Waals surface area contributed by atoms with Crippen molar-refractivity contribution in [3.63, 3.8) is 0 Å². The zero-order valence-corrected chi connectivity index (χ0v) is 9.41. The van der Waals surface area contributed by atoms with Gasteiger partial charge in [-0.2, -0.15) is 5.26 Å². The topological polar surface area (TPSA) is 85.2 Å². The van der Waals surface area contributed by atoms with E-state index >= 15 is 0 Å². The molecule has 5 nitrogen and oxygen atoms in total. The van der Waals surface area contributed by atoms with Crippen LogP contribution in [0, 0.1) is 17.2 Å². The smallest absolute Gasteiger partial charge is 0.234 e. The Balaban J connectivity index is 2.06. The van der Waals surface area contributed by atoms with Crippen molar-refractivity contribution in [1.82, 2.24) is 10.6 Å². The van der Waals surface area contributed by atoms with E-state index in [0.717, 1.165) is 32.2 Å². The summed E-state index contributed by atoms with van der Waals surface area (Å²) in [7, 11) is 0. The Morgan fingerprint density at radius 3 is 3.00 bits per heavy atom. The summed E-state index contributed by atoms with van der Waals surface area (Å²) in [5.41, 5.74) is 0. The molecule has 1 fully saturated rings. The van der Waals surface area contributed by atoms with Gasteiger partial charge in [-0.15, -0.1) is 0 Å². The molecule has 0 aromatic carbocycles. The number of carbonyl (C=O) groups excluding carboxylic acids is 1. The van der Waals surface area contributed by atoms with Crippen molar-refractivity contribution >= 4 is 5.91 Å². The van der Waals surface area contributed by atoms with E-state index in [-0.39, 0.29) is 25.1 Å². The number of amides is 1. The molecule has 0 aliphatic heterocycles. The highest BCUT2D eigenvalue weighted by Crippen LogP contribution is 2.23. The Hall–Kier alpha value is -1.12. The summed E-state index contributed by atoms with van der Waals surface area (Å²) in [6.45, 7) is 1.06. The fourth-order valence-electron chi connectivity index (χ4n) is 2.04. The number of rotatable bonds is 5. The average molecular weight is 225 g/mol. The van der Waals surface area contributed by atoms with Crippen LogP contribution in [0.4, 0.5) is 0 Å². The lowest BCUT2D eigenvalue weighted by Gasteiger charge is -2.25. The van der Waals surface area contributed by atoms with E-state index in [1.54, 1.807) is 0 Å². The van der Waals surface area contributed by atoms with Crippen molar-refractivity contribution in [2.45, 2.75) is 31.8 Å². The number of nitrogens with zero attached hydrogens (tertiary/aromatic N) is 1. The molecule has 0 aromatic rings. The summed E-state index contributed by atoms with van der Waals surface area (Å²) in [6.07, 6.45) is 3.73. The fraction of sp³-hybridized carbons (Fsp3) is 0.818. The second kappa shape index (κ2) is 7.20. The highest BCUT2D eigenvalue weighted by molar-refractivity contribution is 5.78. The van der Waals surface area contributed by atoms with E-state index in [2.05, 4.69) is 10.6 Å². The van der Waals surface area contributed by atoms with Crippen LogP contribution < -0.4 is 10.6 Å². The lowest BCUT2D eigenvalue weighted by molar-refractivity contribution is -0.120. The van der Waals surface area contributed by atoms with Gasteiger partial charge in [0.1, 0.15) is 6.54 Å². The standard InChI is InChI=1S/C11H19N3O2/c12-4-5-14-11(16)8-13-7-9-2-1-3-10(15)6-9/h9-10,13,15H,1-3,5-8H2,(H,14,16). The van der Waals surface area contributed by atoms with Crippen LogP contribution >= 0.6 is 0 Å². The van der Waals surface area contributed by atoms with Crippen molar-refractivity contribution < 1.29 is 9.90 Å². The predicted octanol–water partition coefficient (Wildman–Crippen LogP) is -0.233. The zero-order valence-electron chi connectivity index (χ0n) is 9.41. The van der Waals surface area contributed by atoms with Gasteiger partial charge in [0, 0.05) is 0 Å². The van der Waals surface area contributed by atoms with Gasteiger partial charge in [-0.25, -0.2) is 0 Å². The van der Waals surface area contributed by atoms with E-state index < -0.39 is 0 Å².